The molecule has 0 aliphatic carbocycles. The van der Waals surface area contributed by atoms with E-state index in [2.05, 4.69) is 5.32 Å². The second kappa shape index (κ2) is 8.80. The number of nitrogens with one attached hydrogen (secondary N) is 1. The van der Waals surface area contributed by atoms with Crippen LogP contribution < -0.4 is 5.32 Å². The number of carbonyl (C=O) groups excluding carboxylic acids is 4. The highest BCUT2D eigenvalue weighted by atomic mass is 35.5. The molecule has 0 aromatic heterocycles. The maximum absolute atomic E-state index is 14.8. The van der Waals surface area contributed by atoms with Gasteiger partial charge in [-0.25, -0.2) is 0 Å². The van der Waals surface area contributed by atoms with Gasteiger partial charge in [0.15, 0.2) is 0 Å². The molecule has 182 valence electrons. The Balaban J connectivity index is 1.52. The number of imide groups is 1. The molecular formula is C22H22B4ClF2N3O4. The van der Waals surface area contributed by atoms with Gasteiger partial charge in [0.1, 0.15) is 23.5 Å². The summed E-state index contributed by atoms with van der Waals surface area (Å²) in [4.78, 5) is 53.1. The summed E-state index contributed by atoms with van der Waals surface area (Å²) in [6.07, 6.45) is 0.161. The van der Waals surface area contributed by atoms with Crippen molar-refractivity contribution in [3.05, 3.63) is 69.7 Å². The monoisotopic (exact) mass is 509 g/mol. The van der Waals surface area contributed by atoms with E-state index in [1.807, 2.05) is 0 Å². The summed E-state index contributed by atoms with van der Waals surface area (Å²) in [6.45, 7) is 0.0115. The van der Waals surface area contributed by atoms with Crippen molar-refractivity contribution in [3.8, 4) is 0 Å². The topological polar surface area (TPSA) is 86.8 Å². The average Bonchev–Trinajstić information content (AvgIpc) is 3.13. The van der Waals surface area contributed by atoms with E-state index in [9.17, 15) is 28.0 Å². The summed E-state index contributed by atoms with van der Waals surface area (Å²) >= 11 is 5.76. The van der Waals surface area contributed by atoms with Crippen LogP contribution in [0.2, 0.25) is 10.2 Å². The van der Waals surface area contributed by atoms with Gasteiger partial charge in [-0.05, 0) is 41.0 Å². The predicted octanol–water partition coefficient (Wildman–Crippen LogP) is -1.28. The fourth-order valence-corrected chi connectivity index (χ4v) is 5.01. The normalized spacial score (nSPS) is 21.2. The number of fused-ring (bicyclic) bond motifs is 1. The lowest BCUT2D eigenvalue weighted by molar-refractivity contribution is -0.154. The Labute approximate surface area is 215 Å². The number of nitrogens with zero attached hydrogens (tertiary/aromatic N) is 2. The molecular weight excluding hydrogens is 487 g/mol. The Morgan fingerprint density at radius 2 is 1.72 bits per heavy atom. The van der Waals surface area contributed by atoms with Crippen molar-refractivity contribution in [1.29, 1.82) is 0 Å². The fourth-order valence-electron chi connectivity index (χ4n) is 4.89. The predicted molar refractivity (Wildman–Crippen MR) is 140 cm³/mol. The van der Waals surface area contributed by atoms with Crippen LogP contribution >= 0.6 is 11.6 Å². The van der Waals surface area contributed by atoms with Crippen LogP contribution in [-0.4, -0.2) is 70.3 Å². The van der Waals surface area contributed by atoms with E-state index in [0.717, 1.165) is 16.9 Å². The van der Waals surface area contributed by atoms with Gasteiger partial charge in [-0.2, -0.15) is 8.78 Å². The largest absolute Gasteiger partial charge is 0.384 e. The van der Waals surface area contributed by atoms with Crippen LogP contribution in [0.25, 0.3) is 0 Å². The third kappa shape index (κ3) is 4.34. The number of carbonyl (C=O) groups is 4. The SMILES string of the molecule is BN(Cc1ccc2c(c1)CN([C@@]1(B)CC(B)(B)C(=O)NC1=O)C2=O)C(=O)C(F)(F)c1ccc(Cl)cc1. The van der Waals surface area contributed by atoms with Crippen LogP contribution in [0.5, 0.6) is 0 Å². The van der Waals surface area contributed by atoms with Crippen molar-refractivity contribution in [1.82, 2.24) is 15.0 Å². The van der Waals surface area contributed by atoms with Crippen molar-refractivity contribution in [3.63, 3.8) is 0 Å². The fraction of sp³-hybridized carbons (Fsp3) is 0.273. The van der Waals surface area contributed by atoms with E-state index in [1.165, 1.54) is 25.0 Å². The summed E-state index contributed by atoms with van der Waals surface area (Å²) < 4.78 is 29.6. The van der Waals surface area contributed by atoms with Crippen LogP contribution in [0.3, 0.4) is 0 Å². The number of alkyl halides is 2. The minimum absolute atomic E-state index is 0.108. The van der Waals surface area contributed by atoms with E-state index >= 15 is 0 Å². The van der Waals surface area contributed by atoms with E-state index in [1.54, 1.807) is 41.7 Å². The summed E-state index contributed by atoms with van der Waals surface area (Å²) in [5.41, 5.74) is -0.130. The Hall–Kier alpha value is -3.07. The van der Waals surface area contributed by atoms with Crippen molar-refractivity contribution in [2.24, 2.45) is 0 Å². The van der Waals surface area contributed by atoms with Crippen molar-refractivity contribution in [2.45, 2.75) is 36.1 Å². The lowest BCUT2D eigenvalue weighted by atomic mass is 9.45. The highest BCUT2D eigenvalue weighted by Crippen LogP contribution is 2.39. The third-order valence-corrected chi connectivity index (χ3v) is 7.18. The number of hydrogen-bond donors (Lipinski definition) is 1. The number of piperidine rings is 1. The molecule has 0 bridgehead atoms. The first-order valence-electron chi connectivity index (χ1n) is 11.4. The van der Waals surface area contributed by atoms with Crippen LogP contribution in [0.4, 0.5) is 8.78 Å². The van der Waals surface area contributed by atoms with Gasteiger partial charge < -0.3 is 9.71 Å². The van der Waals surface area contributed by atoms with Crippen molar-refractivity contribution >= 4 is 66.7 Å². The Bertz CT molecular complexity index is 1290. The standard InChI is InChI=1S/C22H22B4ClF2N3O4/c23-20(24)10-21(25,18(35)30-17(20)34)31-9-12-7-11(1-6-15(12)16(31)33)8-32(26)19(36)22(28,29)13-2-4-14(27)5-3-13/h1-7H,8-10,23-26H2,(H,30,34,35)/t21-/m0/s1. The molecule has 4 rings (SSSR count). The molecule has 14 heteroatoms. The second-order valence-corrected chi connectivity index (χ2v) is 10.7. The van der Waals surface area contributed by atoms with Gasteiger partial charge in [0.25, 0.3) is 11.8 Å². The molecule has 0 spiro atoms. The molecule has 7 nitrogen and oxygen atoms in total. The van der Waals surface area contributed by atoms with Crippen molar-refractivity contribution in [2.75, 3.05) is 0 Å². The molecule has 1 N–H and O–H groups in total. The molecule has 2 heterocycles. The van der Waals surface area contributed by atoms with Crippen LogP contribution in [0, 0.1) is 0 Å². The molecule has 36 heavy (non-hydrogen) atoms. The highest BCUT2D eigenvalue weighted by Gasteiger charge is 2.53. The molecule has 1 fully saturated rings. The van der Waals surface area contributed by atoms with Crippen LogP contribution in [-0.2, 0) is 33.4 Å². The molecule has 4 amide bonds. The molecule has 0 unspecified atom stereocenters. The first-order chi connectivity index (χ1) is 16.7. The molecule has 0 saturated carbocycles. The molecule has 2 aromatic rings. The zero-order chi connectivity index (χ0) is 26.6. The Morgan fingerprint density at radius 1 is 1.08 bits per heavy atom. The molecule has 1 saturated heterocycles. The van der Waals surface area contributed by atoms with Gasteiger partial charge >= 0.3 is 5.92 Å². The lowest BCUT2D eigenvalue weighted by Gasteiger charge is -2.46. The van der Waals surface area contributed by atoms with Gasteiger partial charge in [-0.15, -0.1) is 0 Å². The molecule has 2 aromatic carbocycles. The quantitative estimate of drug-likeness (QED) is 0.403. The average molecular weight is 509 g/mol. The summed E-state index contributed by atoms with van der Waals surface area (Å²) in [7, 11) is 6.34. The van der Waals surface area contributed by atoms with Crippen molar-refractivity contribution < 1.29 is 28.0 Å². The van der Waals surface area contributed by atoms with Gasteiger partial charge in [0.05, 0.1) is 5.44 Å². The summed E-state index contributed by atoms with van der Waals surface area (Å²) in [6, 6.07) is 9.67. The van der Waals surface area contributed by atoms with E-state index in [0.29, 0.717) is 16.7 Å². The minimum Gasteiger partial charge on any atom is -0.384 e. The number of rotatable bonds is 5. The smallest absolute Gasteiger partial charge is 0.348 e. The molecule has 0 radical (unpaired) electrons. The van der Waals surface area contributed by atoms with Crippen LogP contribution in [0.15, 0.2) is 42.5 Å². The molecule has 2 aliphatic heterocycles. The van der Waals surface area contributed by atoms with Gasteiger partial charge in [0.2, 0.25) is 19.8 Å². The number of halogens is 3. The maximum atomic E-state index is 14.8. The lowest BCUT2D eigenvalue weighted by Crippen LogP contribution is -2.67. The molecule has 2 aliphatic rings. The Morgan fingerprint density at radius 3 is 2.36 bits per heavy atom. The maximum Gasteiger partial charge on any atom is 0.348 e. The van der Waals surface area contributed by atoms with Gasteiger partial charge in [0, 0.05) is 29.2 Å². The van der Waals surface area contributed by atoms with E-state index < -0.39 is 34.0 Å². The first kappa shape index (κ1) is 26.0. The highest BCUT2D eigenvalue weighted by molar-refractivity contribution is 6.53. The third-order valence-electron chi connectivity index (χ3n) is 6.93. The Kier molecular flexibility index (Phi) is 6.35. The van der Waals surface area contributed by atoms with E-state index in [4.69, 9.17) is 11.6 Å². The zero-order valence-electron chi connectivity index (χ0n) is 20.3. The van der Waals surface area contributed by atoms with Gasteiger partial charge in [-0.3, -0.25) is 24.5 Å². The van der Waals surface area contributed by atoms with Gasteiger partial charge in [-0.1, -0.05) is 35.9 Å². The second-order valence-electron chi connectivity index (χ2n) is 10.2. The number of hydrogen-bond acceptors (Lipinski definition) is 4. The zero-order valence-corrected chi connectivity index (χ0v) is 21.1. The number of amides is 4. The molecule has 1 atom stereocenters. The van der Waals surface area contributed by atoms with Crippen LogP contribution in [0.1, 0.15) is 33.5 Å². The summed E-state index contributed by atoms with van der Waals surface area (Å²) in [5, 5.41) is 1.81. The van der Waals surface area contributed by atoms with E-state index in [-0.39, 0.29) is 36.3 Å². The first-order valence-corrected chi connectivity index (χ1v) is 11.7. The number of benzene rings is 2. The summed E-state index contributed by atoms with van der Waals surface area (Å²) in [5.74, 6) is -6.39. The minimum atomic E-state index is -3.74.